The average molecular weight is 274 g/mol. The maximum Gasteiger partial charge on any atom is 0.193 e. The Kier molecular flexibility index (Phi) is 6.75. The minimum absolute atomic E-state index is 0.0146. The van der Waals surface area contributed by atoms with E-state index in [0.717, 1.165) is 6.42 Å². The van der Waals surface area contributed by atoms with Gasteiger partial charge >= 0.3 is 0 Å². The largest absolute Gasteiger partial charge is 0.407 e. The van der Waals surface area contributed by atoms with Gasteiger partial charge in [-0.05, 0) is 31.5 Å². The molecule has 0 spiro atoms. The highest BCUT2D eigenvalue weighted by Crippen LogP contribution is 2.37. The van der Waals surface area contributed by atoms with E-state index < -0.39 is 20.5 Å². The Morgan fingerprint density at radius 3 is 2.22 bits per heavy atom. The van der Waals surface area contributed by atoms with Gasteiger partial charge in [-0.3, -0.25) is 4.79 Å². The van der Waals surface area contributed by atoms with Crippen LogP contribution in [-0.2, 0) is 9.22 Å². The summed E-state index contributed by atoms with van der Waals surface area (Å²) in [6.45, 7) is 14.6. The molecule has 3 nitrogen and oxygen atoms in total. The summed E-state index contributed by atoms with van der Waals surface area (Å²) < 4.78 is 6.02. The number of aliphatic hydroxyl groups excluding tert-OH is 1. The predicted molar refractivity (Wildman–Crippen MR) is 78.3 cm³/mol. The number of hydrogen-bond acceptors (Lipinski definition) is 3. The molecule has 0 aliphatic carbocycles. The first-order chi connectivity index (χ1) is 8.01. The van der Waals surface area contributed by atoms with Crippen LogP contribution >= 0.6 is 0 Å². The van der Waals surface area contributed by atoms with Gasteiger partial charge in [0.05, 0.1) is 6.10 Å². The zero-order valence-electron chi connectivity index (χ0n) is 13.0. The van der Waals surface area contributed by atoms with E-state index in [9.17, 15) is 9.90 Å². The standard InChI is InChI=1S/C14H30O3Si/c1-8-9-12(15)10-13(16)11(2)17-18(6,7)14(3,4)5/h11-12,15H,8-10H2,1-7H3/t11-,12-/m0/s1. The number of ketones is 1. The zero-order valence-corrected chi connectivity index (χ0v) is 14.0. The molecule has 0 saturated heterocycles. The average Bonchev–Trinajstić information content (AvgIpc) is 2.15. The summed E-state index contributed by atoms with van der Waals surface area (Å²) in [5.41, 5.74) is 0. The first-order valence-corrected chi connectivity index (χ1v) is 9.80. The second kappa shape index (κ2) is 6.82. The SMILES string of the molecule is CCC[C@H](O)CC(=O)[C@H](C)O[Si](C)(C)C(C)(C)C. The van der Waals surface area contributed by atoms with Crippen LogP contribution in [0.4, 0.5) is 0 Å². The van der Waals surface area contributed by atoms with Gasteiger partial charge in [0.15, 0.2) is 14.1 Å². The van der Waals surface area contributed by atoms with Crippen LogP contribution < -0.4 is 0 Å². The van der Waals surface area contributed by atoms with Gasteiger partial charge in [0.1, 0.15) is 6.10 Å². The number of rotatable bonds is 7. The molecule has 4 heteroatoms. The van der Waals surface area contributed by atoms with Gasteiger partial charge in [-0.2, -0.15) is 0 Å². The molecule has 0 unspecified atom stereocenters. The highest BCUT2D eigenvalue weighted by atomic mass is 28.4. The lowest BCUT2D eigenvalue weighted by Gasteiger charge is -2.38. The monoisotopic (exact) mass is 274 g/mol. The van der Waals surface area contributed by atoms with Crippen LogP contribution in [0.5, 0.6) is 0 Å². The van der Waals surface area contributed by atoms with Crippen LogP contribution in [0, 0.1) is 0 Å². The molecule has 0 bridgehead atoms. The topological polar surface area (TPSA) is 46.5 Å². The molecule has 0 fully saturated rings. The van der Waals surface area contributed by atoms with Gasteiger partial charge in [0.25, 0.3) is 0 Å². The van der Waals surface area contributed by atoms with Crippen molar-refractivity contribution in [2.24, 2.45) is 0 Å². The van der Waals surface area contributed by atoms with Crippen molar-refractivity contribution in [3.8, 4) is 0 Å². The molecule has 0 aromatic rings. The van der Waals surface area contributed by atoms with Crippen molar-refractivity contribution in [3.63, 3.8) is 0 Å². The zero-order chi connectivity index (χ0) is 14.6. The molecule has 1 N–H and O–H groups in total. The van der Waals surface area contributed by atoms with Crippen LogP contribution in [0.1, 0.15) is 53.9 Å². The molecule has 0 aliphatic rings. The molecule has 0 aromatic carbocycles. The van der Waals surface area contributed by atoms with Gasteiger partial charge < -0.3 is 9.53 Å². The molecule has 0 saturated carbocycles. The Balaban J connectivity index is 4.41. The quantitative estimate of drug-likeness (QED) is 0.723. The third kappa shape index (κ3) is 5.63. The van der Waals surface area contributed by atoms with Gasteiger partial charge in [0.2, 0.25) is 0 Å². The maximum atomic E-state index is 12.0. The molecule has 0 aliphatic heterocycles. The molecule has 0 rings (SSSR count). The van der Waals surface area contributed by atoms with Crippen LogP contribution in [0.15, 0.2) is 0 Å². The Morgan fingerprint density at radius 2 is 1.83 bits per heavy atom. The predicted octanol–water partition coefficient (Wildman–Crippen LogP) is 3.52. The molecule has 0 aromatic heterocycles. The van der Waals surface area contributed by atoms with Gasteiger partial charge in [-0.1, -0.05) is 34.1 Å². The first kappa shape index (κ1) is 17.8. The maximum absolute atomic E-state index is 12.0. The Morgan fingerprint density at radius 1 is 1.33 bits per heavy atom. The fourth-order valence-electron chi connectivity index (χ4n) is 1.52. The van der Waals surface area contributed by atoms with Crippen molar-refractivity contribution >= 4 is 14.1 Å². The third-order valence-corrected chi connectivity index (χ3v) is 8.34. The molecular formula is C14H30O3Si. The van der Waals surface area contributed by atoms with E-state index >= 15 is 0 Å². The highest BCUT2D eigenvalue weighted by Gasteiger charge is 2.39. The molecule has 2 atom stereocenters. The normalized spacial score (nSPS) is 16.4. The second-order valence-electron chi connectivity index (χ2n) is 6.63. The number of carbonyl (C=O) groups is 1. The first-order valence-electron chi connectivity index (χ1n) is 6.90. The Hall–Kier alpha value is -0.193. The molecule has 0 amide bonds. The summed E-state index contributed by atoms with van der Waals surface area (Å²) in [7, 11) is -1.90. The summed E-state index contributed by atoms with van der Waals surface area (Å²) in [6, 6.07) is 0. The molecule has 18 heavy (non-hydrogen) atoms. The summed E-state index contributed by atoms with van der Waals surface area (Å²) in [4.78, 5) is 12.0. The molecule has 0 heterocycles. The van der Waals surface area contributed by atoms with Crippen molar-refractivity contribution in [3.05, 3.63) is 0 Å². The van der Waals surface area contributed by atoms with E-state index in [1.54, 1.807) is 0 Å². The van der Waals surface area contributed by atoms with Gasteiger partial charge in [-0.15, -0.1) is 0 Å². The highest BCUT2D eigenvalue weighted by molar-refractivity contribution is 6.74. The summed E-state index contributed by atoms with van der Waals surface area (Å²) in [5.74, 6) is 0.0146. The van der Waals surface area contributed by atoms with E-state index in [0.29, 0.717) is 6.42 Å². The lowest BCUT2D eigenvalue weighted by Crippen LogP contribution is -2.45. The number of aliphatic hydroxyl groups is 1. The van der Waals surface area contributed by atoms with E-state index in [1.165, 1.54) is 0 Å². The summed E-state index contributed by atoms with van der Waals surface area (Å²) in [5, 5.41) is 9.76. The molecule has 108 valence electrons. The van der Waals surface area contributed by atoms with Crippen molar-refractivity contribution in [1.82, 2.24) is 0 Å². The van der Waals surface area contributed by atoms with E-state index in [-0.39, 0.29) is 17.2 Å². The fourth-order valence-corrected chi connectivity index (χ4v) is 2.89. The van der Waals surface area contributed by atoms with Gasteiger partial charge in [-0.25, -0.2) is 0 Å². The van der Waals surface area contributed by atoms with Crippen LogP contribution in [-0.4, -0.2) is 31.4 Å². The lowest BCUT2D eigenvalue weighted by molar-refractivity contribution is -0.127. The van der Waals surface area contributed by atoms with E-state index in [4.69, 9.17) is 4.43 Å². The van der Waals surface area contributed by atoms with Crippen molar-refractivity contribution in [2.75, 3.05) is 0 Å². The van der Waals surface area contributed by atoms with Crippen LogP contribution in [0.3, 0.4) is 0 Å². The van der Waals surface area contributed by atoms with Gasteiger partial charge in [0, 0.05) is 6.42 Å². The number of carbonyl (C=O) groups excluding carboxylic acids is 1. The lowest BCUT2D eigenvalue weighted by atomic mass is 10.1. The van der Waals surface area contributed by atoms with Crippen molar-refractivity contribution in [1.29, 1.82) is 0 Å². The van der Waals surface area contributed by atoms with Crippen molar-refractivity contribution < 1.29 is 14.3 Å². The minimum atomic E-state index is -1.90. The fraction of sp³-hybridized carbons (Fsp3) is 0.929. The minimum Gasteiger partial charge on any atom is -0.407 e. The Bertz CT molecular complexity index is 269. The van der Waals surface area contributed by atoms with E-state index in [1.807, 2.05) is 13.8 Å². The van der Waals surface area contributed by atoms with Crippen molar-refractivity contribution in [2.45, 2.75) is 84.2 Å². The van der Waals surface area contributed by atoms with E-state index in [2.05, 4.69) is 33.9 Å². The summed E-state index contributed by atoms with van der Waals surface area (Å²) in [6.07, 6.45) is 0.860. The molecule has 0 radical (unpaired) electrons. The second-order valence-corrected chi connectivity index (χ2v) is 11.4. The summed E-state index contributed by atoms with van der Waals surface area (Å²) >= 11 is 0. The number of hydrogen-bond donors (Lipinski definition) is 1. The van der Waals surface area contributed by atoms with Crippen LogP contribution in [0.25, 0.3) is 0 Å². The number of Topliss-reactive ketones (excluding diaryl/α,β-unsaturated/α-hetero) is 1. The Labute approximate surface area is 113 Å². The molecular weight excluding hydrogens is 244 g/mol. The van der Waals surface area contributed by atoms with Crippen LogP contribution in [0.2, 0.25) is 18.1 Å². The smallest absolute Gasteiger partial charge is 0.193 e. The third-order valence-electron chi connectivity index (χ3n) is 3.79.